The second kappa shape index (κ2) is 5.38. The summed E-state index contributed by atoms with van der Waals surface area (Å²) in [6.07, 6.45) is 0. The Balaban J connectivity index is 1.96. The van der Waals surface area contributed by atoms with Crippen molar-refractivity contribution in [1.29, 1.82) is 0 Å². The van der Waals surface area contributed by atoms with Crippen molar-refractivity contribution in [1.82, 2.24) is 4.98 Å². The van der Waals surface area contributed by atoms with Crippen LogP contribution < -0.4 is 4.72 Å². The van der Waals surface area contributed by atoms with Gasteiger partial charge in [-0.25, -0.2) is 17.8 Å². The van der Waals surface area contributed by atoms with E-state index in [1.807, 2.05) is 6.92 Å². The number of halogens is 1. The lowest BCUT2D eigenvalue weighted by atomic mass is 10.2. The van der Waals surface area contributed by atoms with Crippen molar-refractivity contribution in [2.45, 2.75) is 11.8 Å². The molecule has 4 nitrogen and oxygen atoms in total. The van der Waals surface area contributed by atoms with Crippen LogP contribution >= 0.6 is 0 Å². The van der Waals surface area contributed by atoms with E-state index in [1.54, 1.807) is 30.3 Å². The van der Waals surface area contributed by atoms with Crippen molar-refractivity contribution in [3.05, 3.63) is 66.0 Å². The highest BCUT2D eigenvalue weighted by atomic mass is 32.2. The van der Waals surface area contributed by atoms with Gasteiger partial charge in [0.1, 0.15) is 11.6 Å². The molecule has 0 saturated carbocycles. The zero-order chi connectivity index (χ0) is 15.7. The Bertz CT molecular complexity index is 938. The summed E-state index contributed by atoms with van der Waals surface area (Å²) in [5, 5.41) is 0.736. The Labute approximate surface area is 127 Å². The second-order valence-corrected chi connectivity index (χ2v) is 6.63. The number of hydrogen-bond acceptors (Lipinski definition) is 3. The van der Waals surface area contributed by atoms with Gasteiger partial charge in [0.15, 0.2) is 0 Å². The Morgan fingerprint density at radius 2 is 1.68 bits per heavy atom. The minimum absolute atomic E-state index is 0.152. The fourth-order valence-corrected chi connectivity index (χ4v) is 3.06. The molecule has 0 saturated heterocycles. The van der Waals surface area contributed by atoms with Gasteiger partial charge in [0.05, 0.1) is 10.4 Å². The predicted molar refractivity (Wildman–Crippen MR) is 83.7 cm³/mol. The van der Waals surface area contributed by atoms with E-state index >= 15 is 0 Å². The van der Waals surface area contributed by atoms with E-state index in [2.05, 4.69) is 9.71 Å². The van der Waals surface area contributed by atoms with E-state index in [0.717, 1.165) is 10.9 Å². The van der Waals surface area contributed by atoms with Crippen LogP contribution in [-0.4, -0.2) is 13.4 Å². The molecule has 112 valence electrons. The van der Waals surface area contributed by atoms with Crippen molar-refractivity contribution < 1.29 is 12.8 Å². The van der Waals surface area contributed by atoms with Gasteiger partial charge < -0.3 is 0 Å². The highest BCUT2D eigenvalue weighted by Gasteiger charge is 2.14. The van der Waals surface area contributed by atoms with Crippen molar-refractivity contribution in [2.75, 3.05) is 4.72 Å². The van der Waals surface area contributed by atoms with Crippen LogP contribution in [0.2, 0.25) is 0 Å². The molecule has 6 heteroatoms. The van der Waals surface area contributed by atoms with Gasteiger partial charge in [-0.1, -0.05) is 17.7 Å². The van der Waals surface area contributed by atoms with Crippen molar-refractivity contribution in [3.8, 4) is 0 Å². The van der Waals surface area contributed by atoms with Gasteiger partial charge in [-0.2, -0.15) is 0 Å². The third-order valence-corrected chi connectivity index (χ3v) is 4.59. The van der Waals surface area contributed by atoms with Crippen LogP contribution in [0.15, 0.2) is 59.5 Å². The highest BCUT2D eigenvalue weighted by molar-refractivity contribution is 7.92. The molecule has 0 unspecified atom stereocenters. The summed E-state index contributed by atoms with van der Waals surface area (Å²) in [7, 11) is -3.72. The number of pyridine rings is 1. The minimum Gasteiger partial charge on any atom is -0.263 e. The smallest absolute Gasteiger partial charge is 0.263 e. The number of sulfonamides is 1. The summed E-state index contributed by atoms with van der Waals surface area (Å²) in [6.45, 7) is 1.88. The Hall–Kier alpha value is -2.47. The molecule has 0 atom stereocenters. The Morgan fingerprint density at radius 1 is 1.00 bits per heavy atom. The zero-order valence-electron chi connectivity index (χ0n) is 11.7. The van der Waals surface area contributed by atoms with E-state index in [1.165, 1.54) is 24.3 Å². The Morgan fingerprint density at radius 3 is 2.41 bits per heavy atom. The number of hydrogen-bond donors (Lipinski definition) is 1. The summed E-state index contributed by atoms with van der Waals surface area (Å²) in [5.41, 5.74) is 1.36. The fraction of sp³-hybridized carbons (Fsp3) is 0.0625. The molecular weight excluding hydrogens is 303 g/mol. The minimum atomic E-state index is -3.72. The largest absolute Gasteiger partial charge is 0.263 e. The molecule has 1 aromatic heterocycles. The van der Waals surface area contributed by atoms with Crippen LogP contribution in [0.5, 0.6) is 0 Å². The topological polar surface area (TPSA) is 59.1 Å². The molecule has 0 fully saturated rings. The van der Waals surface area contributed by atoms with Crippen LogP contribution in [0.1, 0.15) is 5.56 Å². The molecule has 1 N–H and O–H groups in total. The molecular formula is C16H13FN2O2S. The number of nitrogens with one attached hydrogen (secondary N) is 1. The molecule has 3 rings (SSSR count). The molecule has 3 aromatic rings. The molecule has 0 aliphatic rings. The number of anilines is 1. The standard InChI is InChI=1S/C16H13FN2O2S/c1-11-2-7-14(8-3-11)22(20,21)19-16-9-5-12-4-6-13(17)10-15(12)18-16/h2-10H,1H3,(H,18,19). The van der Waals surface area contributed by atoms with Gasteiger partial charge in [-0.05, 0) is 43.3 Å². The van der Waals surface area contributed by atoms with Gasteiger partial charge in [0.2, 0.25) is 0 Å². The molecule has 0 radical (unpaired) electrons. The van der Waals surface area contributed by atoms with Crippen LogP contribution in [0.25, 0.3) is 10.9 Å². The maximum absolute atomic E-state index is 13.2. The molecule has 0 spiro atoms. The number of nitrogens with zero attached hydrogens (tertiary/aromatic N) is 1. The lowest BCUT2D eigenvalue weighted by molar-refractivity contribution is 0.601. The maximum atomic E-state index is 13.2. The maximum Gasteiger partial charge on any atom is 0.263 e. The second-order valence-electron chi connectivity index (χ2n) is 4.95. The third-order valence-electron chi connectivity index (χ3n) is 3.22. The number of rotatable bonds is 3. The summed E-state index contributed by atoms with van der Waals surface area (Å²) in [4.78, 5) is 4.29. The van der Waals surface area contributed by atoms with Gasteiger partial charge >= 0.3 is 0 Å². The highest BCUT2D eigenvalue weighted by Crippen LogP contribution is 2.19. The van der Waals surface area contributed by atoms with Gasteiger partial charge in [-0.15, -0.1) is 0 Å². The molecule has 0 bridgehead atoms. The Kier molecular flexibility index (Phi) is 3.54. The summed E-state index contributed by atoms with van der Waals surface area (Å²) in [6, 6.07) is 13.9. The van der Waals surface area contributed by atoms with E-state index in [-0.39, 0.29) is 10.7 Å². The quantitative estimate of drug-likeness (QED) is 0.805. The lowest BCUT2D eigenvalue weighted by Gasteiger charge is -2.08. The molecule has 0 aliphatic heterocycles. The SMILES string of the molecule is Cc1ccc(S(=O)(=O)Nc2ccc3ccc(F)cc3n2)cc1. The van der Waals surface area contributed by atoms with E-state index in [9.17, 15) is 12.8 Å². The number of fused-ring (bicyclic) bond motifs is 1. The summed E-state index contributed by atoms with van der Waals surface area (Å²) < 4.78 is 40.2. The molecule has 1 heterocycles. The van der Waals surface area contributed by atoms with Gasteiger partial charge in [-0.3, -0.25) is 4.72 Å². The zero-order valence-corrected chi connectivity index (χ0v) is 12.6. The van der Waals surface area contributed by atoms with Gasteiger partial charge in [0, 0.05) is 11.5 Å². The molecule has 2 aromatic carbocycles. The van der Waals surface area contributed by atoms with E-state index in [0.29, 0.717) is 5.52 Å². The molecule has 0 amide bonds. The fourth-order valence-electron chi connectivity index (χ4n) is 2.06. The van der Waals surface area contributed by atoms with Crippen LogP contribution in [-0.2, 0) is 10.0 Å². The first-order valence-electron chi connectivity index (χ1n) is 6.60. The van der Waals surface area contributed by atoms with Crippen LogP contribution in [0.3, 0.4) is 0 Å². The predicted octanol–water partition coefficient (Wildman–Crippen LogP) is 3.48. The normalized spacial score (nSPS) is 11.5. The van der Waals surface area contributed by atoms with Crippen LogP contribution in [0, 0.1) is 12.7 Å². The number of aromatic nitrogens is 1. The van der Waals surface area contributed by atoms with E-state index < -0.39 is 15.8 Å². The summed E-state index contributed by atoms with van der Waals surface area (Å²) in [5.74, 6) is -0.266. The summed E-state index contributed by atoms with van der Waals surface area (Å²) >= 11 is 0. The molecule has 22 heavy (non-hydrogen) atoms. The number of aryl methyl sites for hydroxylation is 1. The monoisotopic (exact) mass is 316 g/mol. The molecule has 0 aliphatic carbocycles. The van der Waals surface area contributed by atoms with Crippen molar-refractivity contribution in [2.24, 2.45) is 0 Å². The average Bonchev–Trinajstić information content (AvgIpc) is 2.47. The average molecular weight is 316 g/mol. The number of benzene rings is 2. The van der Waals surface area contributed by atoms with Crippen molar-refractivity contribution in [3.63, 3.8) is 0 Å². The van der Waals surface area contributed by atoms with E-state index in [4.69, 9.17) is 0 Å². The van der Waals surface area contributed by atoms with Gasteiger partial charge in [0.25, 0.3) is 10.0 Å². The van der Waals surface area contributed by atoms with Crippen LogP contribution in [0.4, 0.5) is 10.2 Å². The lowest BCUT2D eigenvalue weighted by Crippen LogP contribution is -2.13. The van der Waals surface area contributed by atoms with Crippen molar-refractivity contribution >= 4 is 26.7 Å². The third kappa shape index (κ3) is 2.92. The first kappa shape index (κ1) is 14.5. The first-order chi connectivity index (χ1) is 10.4. The first-order valence-corrected chi connectivity index (χ1v) is 8.08.